The molecule has 0 aliphatic heterocycles. The van der Waals surface area contributed by atoms with Gasteiger partial charge in [0, 0.05) is 22.0 Å². The molecule has 1 amide bonds. The first-order valence-electron chi connectivity index (χ1n) is 6.74. The number of nitrogens with one attached hydrogen (secondary N) is 1. The molecule has 1 fully saturated rings. The minimum Gasteiger partial charge on any atom is -0.368 e. The minimum atomic E-state index is -1.36. The highest BCUT2D eigenvalue weighted by molar-refractivity contribution is 6.30. The standard InChI is InChI=1S/C15H20ClNO3/c1-9-7-15(2,14(19)20)8-12(9)17-13(18)10-4-3-5-11(16)6-10/h3-6,9,12,14,19-20H,7-8H2,1-2H3,(H,17,18)/t9?,12-,15?/m0/s1. The van der Waals surface area contributed by atoms with E-state index in [1.807, 2.05) is 13.8 Å². The number of halogens is 1. The third kappa shape index (κ3) is 3.14. The molecular formula is C15H20ClNO3. The molecule has 1 aromatic rings. The molecule has 0 radical (unpaired) electrons. The number of rotatable bonds is 3. The topological polar surface area (TPSA) is 69.6 Å². The van der Waals surface area contributed by atoms with Gasteiger partial charge in [0.25, 0.3) is 5.91 Å². The molecule has 1 aliphatic rings. The zero-order chi connectivity index (χ0) is 14.9. The second kappa shape index (κ2) is 5.72. The second-order valence-electron chi connectivity index (χ2n) is 6.00. The zero-order valence-corrected chi connectivity index (χ0v) is 12.4. The average Bonchev–Trinajstić information content (AvgIpc) is 2.65. The molecule has 0 bridgehead atoms. The van der Waals surface area contributed by atoms with E-state index in [9.17, 15) is 15.0 Å². The summed E-state index contributed by atoms with van der Waals surface area (Å²) in [6.45, 7) is 3.84. The van der Waals surface area contributed by atoms with Gasteiger partial charge in [-0.2, -0.15) is 0 Å². The predicted octanol–water partition coefficient (Wildman–Crippen LogP) is 2.19. The molecule has 2 unspecified atom stereocenters. The van der Waals surface area contributed by atoms with Gasteiger partial charge in [0.1, 0.15) is 0 Å². The molecule has 0 spiro atoms. The van der Waals surface area contributed by atoms with Crippen LogP contribution in [0.3, 0.4) is 0 Å². The first-order chi connectivity index (χ1) is 9.32. The van der Waals surface area contributed by atoms with E-state index in [-0.39, 0.29) is 17.9 Å². The molecule has 3 N–H and O–H groups in total. The van der Waals surface area contributed by atoms with Gasteiger partial charge in [-0.25, -0.2) is 0 Å². The Morgan fingerprint density at radius 3 is 2.70 bits per heavy atom. The SMILES string of the molecule is CC1CC(C)(C(O)O)C[C@@H]1NC(=O)c1cccc(Cl)c1. The summed E-state index contributed by atoms with van der Waals surface area (Å²) in [5, 5.41) is 22.4. The maximum absolute atomic E-state index is 12.2. The van der Waals surface area contributed by atoms with Crippen LogP contribution in [0, 0.1) is 11.3 Å². The Kier molecular flexibility index (Phi) is 4.37. The van der Waals surface area contributed by atoms with Crippen molar-refractivity contribution in [3.05, 3.63) is 34.9 Å². The molecule has 20 heavy (non-hydrogen) atoms. The van der Waals surface area contributed by atoms with Gasteiger partial charge in [-0.05, 0) is 37.0 Å². The Balaban J connectivity index is 2.06. The lowest BCUT2D eigenvalue weighted by atomic mass is 9.87. The summed E-state index contributed by atoms with van der Waals surface area (Å²) < 4.78 is 0. The Hall–Kier alpha value is -1.10. The summed E-state index contributed by atoms with van der Waals surface area (Å²) in [5.41, 5.74) is -0.0473. The van der Waals surface area contributed by atoms with Crippen molar-refractivity contribution >= 4 is 17.5 Å². The van der Waals surface area contributed by atoms with E-state index < -0.39 is 11.7 Å². The highest BCUT2D eigenvalue weighted by atomic mass is 35.5. The van der Waals surface area contributed by atoms with Gasteiger partial charge in [0.05, 0.1) is 0 Å². The lowest BCUT2D eigenvalue weighted by Gasteiger charge is -2.26. The first kappa shape index (κ1) is 15.3. The van der Waals surface area contributed by atoms with Crippen LogP contribution in [0.5, 0.6) is 0 Å². The maximum atomic E-state index is 12.2. The Morgan fingerprint density at radius 1 is 1.45 bits per heavy atom. The number of carbonyl (C=O) groups is 1. The van der Waals surface area contributed by atoms with E-state index in [1.165, 1.54) is 0 Å². The fraction of sp³-hybridized carbons (Fsp3) is 0.533. The molecule has 1 aromatic carbocycles. The number of aliphatic hydroxyl groups is 2. The molecule has 0 heterocycles. The van der Waals surface area contributed by atoms with Crippen molar-refractivity contribution in [3.8, 4) is 0 Å². The normalized spacial score (nSPS) is 29.7. The van der Waals surface area contributed by atoms with Crippen molar-refractivity contribution in [1.29, 1.82) is 0 Å². The van der Waals surface area contributed by atoms with Crippen LogP contribution in [0.2, 0.25) is 5.02 Å². The Morgan fingerprint density at radius 2 is 2.15 bits per heavy atom. The quantitative estimate of drug-likeness (QED) is 0.749. The van der Waals surface area contributed by atoms with Crippen LogP contribution in [0.15, 0.2) is 24.3 Å². The molecule has 4 nitrogen and oxygen atoms in total. The summed E-state index contributed by atoms with van der Waals surface area (Å²) in [5.74, 6) is 0.0194. The van der Waals surface area contributed by atoms with Crippen molar-refractivity contribution in [3.63, 3.8) is 0 Å². The molecule has 2 rings (SSSR count). The van der Waals surface area contributed by atoms with Gasteiger partial charge < -0.3 is 15.5 Å². The van der Waals surface area contributed by atoms with E-state index >= 15 is 0 Å². The summed E-state index contributed by atoms with van der Waals surface area (Å²) >= 11 is 5.87. The van der Waals surface area contributed by atoms with E-state index in [2.05, 4.69) is 5.32 Å². The molecule has 1 aliphatic carbocycles. The Bertz CT molecular complexity index is 506. The van der Waals surface area contributed by atoms with Crippen molar-refractivity contribution in [1.82, 2.24) is 5.32 Å². The molecule has 0 aromatic heterocycles. The summed E-state index contributed by atoms with van der Waals surface area (Å²) in [6, 6.07) is 6.72. The largest absolute Gasteiger partial charge is 0.368 e. The molecule has 110 valence electrons. The van der Waals surface area contributed by atoms with Gasteiger partial charge in [0.2, 0.25) is 0 Å². The smallest absolute Gasteiger partial charge is 0.251 e. The van der Waals surface area contributed by atoms with E-state index in [0.29, 0.717) is 23.4 Å². The van der Waals surface area contributed by atoms with Gasteiger partial charge >= 0.3 is 0 Å². The van der Waals surface area contributed by atoms with E-state index in [4.69, 9.17) is 11.6 Å². The third-order valence-corrected chi connectivity index (χ3v) is 4.42. The van der Waals surface area contributed by atoms with Crippen LogP contribution < -0.4 is 5.32 Å². The highest BCUT2D eigenvalue weighted by Crippen LogP contribution is 2.43. The number of aliphatic hydroxyl groups excluding tert-OH is 1. The zero-order valence-electron chi connectivity index (χ0n) is 11.6. The second-order valence-corrected chi connectivity index (χ2v) is 6.44. The van der Waals surface area contributed by atoms with Gasteiger partial charge in [-0.3, -0.25) is 4.79 Å². The maximum Gasteiger partial charge on any atom is 0.251 e. The van der Waals surface area contributed by atoms with Crippen molar-refractivity contribution in [2.75, 3.05) is 0 Å². The van der Waals surface area contributed by atoms with Crippen LogP contribution in [0.4, 0.5) is 0 Å². The average molecular weight is 298 g/mol. The Labute approximate surface area is 123 Å². The molecule has 1 saturated carbocycles. The number of hydrogen-bond donors (Lipinski definition) is 3. The number of amides is 1. The summed E-state index contributed by atoms with van der Waals surface area (Å²) in [7, 11) is 0. The van der Waals surface area contributed by atoms with Gasteiger partial charge in [-0.1, -0.05) is 31.5 Å². The van der Waals surface area contributed by atoms with Crippen LogP contribution >= 0.6 is 11.6 Å². The highest BCUT2D eigenvalue weighted by Gasteiger charge is 2.44. The lowest BCUT2D eigenvalue weighted by Crippen LogP contribution is -2.38. The summed E-state index contributed by atoms with van der Waals surface area (Å²) in [4.78, 5) is 12.2. The molecule has 3 atom stereocenters. The first-order valence-corrected chi connectivity index (χ1v) is 7.12. The predicted molar refractivity (Wildman–Crippen MR) is 77.4 cm³/mol. The van der Waals surface area contributed by atoms with Crippen LogP contribution in [0.25, 0.3) is 0 Å². The van der Waals surface area contributed by atoms with Crippen molar-refractivity contribution < 1.29 is 15.0 Å². The van der Waals surface area contributed by atoms with Crippen LogP contribution in [0.1, 0.15) is 37.0 Å². The fourth-order valence-corrected chi connectivity index (χ4v) is 3.14. The third-order valence-electron chi connectivity index (χ3n) is 4.19. The summed E-state index contributed by atoms with van der Waals surface area (Å²) in [6.07, 6.45) is -0.137. The molecule has 0 saturated heterocycles. The molecular weight excluding hydrogens is 278 g/mol. The van der Waals surface area contributed by atoms with Crippen LogP contribution in [-0.4, -0.2) is 28.5 Å². The van der Waals surface area contributed by atoms with E-state index in [0.717, 1.165) is 0 Å². The van der Waals surface area contributed by atoms with E-state index in [1.54, 1.807) is 24.3 Å². The van der Waals surface area contributed by atoms with Crippen molar-refractivity contribution in [2.45, 2.75) is 39.0 Å². The fourth-order valence-electron chi connectivity index (χ4n) is 2.95. The van der Waals surface area contributed by atoms with Gasteiger partial charge in [0.15, 0.2) is 6.29 Å². The number of benzene rings is 1. The monoisotopic (exact) mass is 297 g/mol. The minimum absolute atomic E-state index is 0.0618. The molecule has 5 heteroatoms. The van der Waals surface area contributed by atoms with Gasteiger partial charge in [-0.15, -0.1) is 0 Å². The van der Waals surface area contributed by atoms with Crippen LogP contribution in [-0.2, 0) is 0 Å². The van der Waals surface area contributed by atoms with Crippen molar-refractivity contribution in [2.24, 2.45) is 11.3 Å². The number of carbonyl (C=O) groups excluding carboxylic acids is 1. The number of hydrogen-bond acceptors (Lipinski definition) is 3. The lowest BCUT2D eigenvalue weighted by molar-refractivity contribution is -0.127.